The SMILES string of the molecule is CCNC(=O)[C@H](Cc1ccccc1)N(Cc1ccc(C)cc1)C(=O)CN(c1cccc(C(F)(F)F)c1)S(=O)(=O)c1ccc(C)cc1. The van der Waals surface area contributed by atoms with Gasteiger partial charge in [0.05, 0.1) is 16.1 Å². The van der Waals surface area contributed by atoms with Crippen LogP contribution in [0.5, 0.6) is 0 Å². The number of alkyl halides is 3. The van der Waals surface area contributed by atoms with Crippen LogP contribution < -0.4 is 9.62 Å². The summed E-state index contributed by atoms with van der Waals surface area (Å²) in [6, 6.07) is 25.0. The van der Waals surface area contributed by atoms with Crippen LogP contribution >= 0.6 is 0 Å². The smallest absolute Gasteiger partial charge is 0.355 e. The Morgan fingerprint density at radius 3 is 2.00 bits per heavy atom. The lowest BCUT2D eigenvalue weighted by atomic mass is 10.0. The van der Waals surface area contributed by atoms with E-state index in [9.17, 15) is 31.2 Å². The normalized spacial score (nSPS) is 12.3. The fourth-order valence-corrected chi connectivity index (χ4v) is 6.35. The molecule has 0 radical (unpaired) electrons. The van der Waals surface area contributed by atoms with Gasteiger partial charge in [-0.15, -0.1) is 0 Å². The molecular weight excluding hydrogens is 615 g/mol. The van der Waals surface area contributed by atoms with Crippen molar-refractivity contribution < 1.29 is 31.2 Å². The molecule has 0 unspecified atom stereocenters. The second-order valence-corrected chi connectivity index (χ2v) is 12.8. The first-order valence-corrected chi connectivity index (χ1v) is 16.2. The van der Waals surface area contributed by atoms with E-state index in [0.29, 0.717) is 15.9 Å². The first-order valence-electron chi connectivity index (χ1n) is 14.7. The molecule has 4 aromatic carbocycles. The van der Waals surface area contributed by atoms with E-state index in [-0.39, 0.29) is 30.1 Å². The summed E-state index contributed by atoms with van der Waals surface area (Å²) in [6.07, 6.45) is -4.63. The molecular formula is C35H36F3N3O4S. The highest BCUT2D eigenvalue weighted by atomic mass is 32.2. The van der Waals surface area contributed by atoms with Gasteiger partial charge < -0.3 is 10.2 Å². The Hall–Kier alpha value is -4.64. The first-order chi connectivity index (χ1) is 21.8. The monoisotopic (exact) mass is 651 g/mol. The standard InChI is InChI=1S/C35H36F3N3O4S/c1-4-39-34(43)32(21-27-9-6-5-7-10-27)40(23-28-17-13-25(2)14-18-28)33(42)24-41(30-12-8-11-29(22-30)35(36,37)38)46(44,45)31-19-15-26(3)16-20-31/h5-20,22,32H,4,21,23-24H2,1-3H3,(H,39,43)/t32-/m0/s1. The maximum absolute atomic E-state index is 14.4. The van der Waals surface area contributed by atoms with E-state index >= 15 is 0 Å². The molecule has 11 heteroatoms. The summed E-state index contributed by atoms with van der Waals surface area (Å²) in [4.78, 5) is 29.0. The Kier molecular flexibility index (Phi) is 10.9. The van der Waals surface area contributed by atoms with Gasteiger partial charge in [-0.05, 0) is 62.2 Å². The van der Waals surface area contributed by atoms with Gasteiger partial charge in [-0.25, -0.2) is 8.42 Å². The number of carbonyl (C=O) groups excluding carboxylic acids is 2. The van der Waals surface area contributed by atoms with Crippen molar-refractivity contribution in [3.63, 3.8) is 0 Å². The largest absolute Gasteiger partial charge is 0.416 e. The molecule has 0 spiro atoms. The third-order valence-corrected chi connectivity index (χ3v) is 9.23. The molecule has 0 aliphatic rings. The Morgan fingerprint density at radius 1 is 0.804 bits per heavy atom. The number of likely N-dealkylation sites (N-methyl/N-ethyl adjacent to an activating group) is 1. The fourth-order valence-electron chi connectivity index (χ4n) is 4.94. The van der Waals surface area contributed by atoms with Crippen LogP contribution in [0.3, 0.4) is 0 Å². The number of hydrogen-bond donors (Lipinski definition) is 1. The van der Waals surface area contributed by atoms with Crippen LogP contribution in [0.25, 0.3) is 0 Å². The van der Waals surface area contributed by atoms with Crippen LogP contribution in [-0.4, -0.2) is 44.3 Å². The number of nitrogens with one attached hydrogen (secondary N) is 1. The zero-order valence-corrected chi connectivity index (χ0v) is 26.6. The summed E-state index contributed by atoms with van der Waals surface area (Å²) >= 11 is 0. The number of anilines is 1. The molecule has 242 valence electrons. The third-order valence-electron chi connectivity index (χ3n) is 7.44. The van der Waals surface area contributed by atoms with Crippen LogP contribution in [0, 0.1) is 13.8 Å². The summed E-state index contributed by atoms with van der Waals surface area (Å²) in [5.74, 6) is -1.21. The maximum Gasteiger partial charge on any atom is 0.416 e. The van der Waals surface area contributed by atoms with Crippen molar-refractivity contribution in [1.82, 2.24) is 10.2 Å². The van der Waals surface area contributed by atoms with Crippen molar-refractivity contribution in [2.45, 2.75) is 50.9 Å². The van der Waals surface area contributed by atoms with Crippen LogP contribution in [0.4, 0.5) is 18.9 Å². The highest BCUT2D eigenvalue weighted by Crippen LogP contribution is 2.33. The number of rotatable bonds is 12. The molecule has 0 aromatic heterocycles. The van der Waals surface area contributed by atoms with E-state index in [1.165, 1.54) is 23.1 Å². The van der Waals surface area contributed by atoms with Crippen LogP contribution in [0.2, 0.25) is 0 Å². The second-order valence-electron chi connectivity index (χ2n) is 11.0. The Morgan fingerprint density at radius 2 is 1.41 bits per heavy atom. The Balaban J connectivity index is 1.83. The average Bonchev–Trinajstić information content (AvgIpc) is 3.02. The number of nitrogens with zero attached hydrogens (tertiary/aromatic N) is 2. The van der Waals surface area contributed by atoms with Gasteiger partial charge in [-0.2, -0.15) is 13.2 Å². The number of aryl methyl sites for hydroxylation is 2. The molecule has 0 heterocycles. The molecule has 0 aliphatic carbocycles. The van der Waals surface area contributed by atoms with E-state index < -0.39 is 46.2 Å². The number of amides is 2. The summed E-state index contributed by atoms with van der Waals surface area (Å²) < 4.78 is 70.0. The van der Waals surface area contributed by atoms with Gasteiger partial charge in [0, 0.05) is 19.5 Å². The van der Waals surface area contributed by atoms with Gasteiger partial charge in [-0.3, -0.25) is 13.9 Å². The lowest BCUT2D eigenvalue weighted by molar-refractivity contribution is -0.140. The van der Waals surface area contributed by atoms with Crippen LogP contribution in [0.1, 0.15) is 34.7 Å². The quantitative estimate of drug-likeness (QED) is 0.195. The molecule has 0 aliphatic heterocycles. The molecule has 1 N–H and O–H groups in total. The Labute approximate surface area is 267 Å². The van der Waals surface area contributed by atoms with Crippen LogP contribution in [-0.2, 0) is 38.8 Å². The fraction of sp³-hybridized carbons (Fsp3) is 0.257. The summed E-state index contributed by atoms with van der Waals surface area (Å²) in [5.41, 5.74) is 1.80. The highest BCUT2D eigenvalue weighted by molar-refractivity contribution is 7.92. The Bertz CT molecular complexity index is 1740. The molecule has 0 saturated carbocycles. The summed E-state index contributed by atoms with van der Waals surface area (Å²) in [7, 11) is -4.54. The maximum atomic E-state index is 14.4. The van der Waals surface area contributed by atoms with Crippen molar-refractivity contribution in [3.8, 4) is 0 Å². The van der Waals surface area contributed by atoms with Crippen molar-refractivity contribution in [2.24, 2.45) is 0 Å². The second kappa shape index (κ2) is 14.6. The minimum Gasteiger partial charge on any atom is -0.355 e. The van der Waals surface area contributed by atoms with E-state index in [4.69, 9.17) is 0 Å². The van der Waals surface area contributed by atoms with Gasteiger partial charge in [0.15, 0.2) is 0 Å². The zero-order valence-electron chi connectivity index (χ0n) is 25.8. The first kappa shape index (κ1) is 34.2. The van der Waals surface area contributed by atoms with Gasteiger partial charge in [-0.1, -0.05) is 83.9 Å². The minimum atomic E-state index is -4.75. The molecule has 0 bridgehead atoms. The molecule has 0 fully saturated rings. The molecule has 7 nitrogen and oxygen atoms in total. The predicted octanol–water partition coefficient (Wildman–Crippen LogP) is 6.29. The summed E-state index contributed by atoms with van der Waals surface area (Å²) in [6.45, 7) is 4.80. The molecule has 2 amide bonds. The molecule has 0 saturated heterocycles. The lowest BCUT2D eigenvalue weighted by Gasteiger charge is -2.34. The van der Waals surface area contributed by atoms with E-state index in [1.54, 1.807) is 50.2 Å². The topological polar surface area (TPSA) is 86.8 Å². The number of hydrogen-bond acceptors (Lipinski definition) is 4. The molecule has 1 atom stereocenters. The van der Waals surface area contributed by atoms with E-state index in [1.807, 2.05) is 37.3 Å². The van der Waals surface area contributed by atoms with Gasteiger partial charge in [0.1, 0.15) is 12.6 Å². The molecule has 4 rings (SSSR count). The molecule has 4 aromatic rings. The number of benzene rings is 4. The van der Waals surface area contributed by atoms with Crippen molar-refractivity contribution in [3.05, 3.63) is 131 Å². The number of carbonyl (C=O) groups is 2. The lowest BCUT2D eigenvalue weighted by Crippen LogP contribution is -2.53. The third kappa shape index (κ3) is 8.54. The zero-order chi connectivity index (χ0) is 33.5. The summed E-state index contributed by atoms with van der Waals surface area (Å²) in [5, 5.41) is 2.78. The highest BCUT2D eigenvalue weighted by Gasteiger charge is 2.36. The van der Waals surface area contributed by atoms with Gasteiger partial charge in [0.25, 0.3) is 10.0 Å². The number of halogens is 3. The van der Waals surface area contributed by atoms with Crippen LogP contribution in [0.15, 0.2) is 108 Å². The van der Waals surface area contributed by atoms with Gasteiger partial charge >= 0.3 is 6.18 Å². The number of sulfonamides is 1. The predicted molar refractivity (Wildman–Crippen MR) is 172 cm³/mol. The van der Waals surface area contributed by atoms with Gasteiger partial charge in [0.2, 0.25) is 11.8 Å². The van der Waals surface area contributed by atoms with E-state index in [0.717, 1.165) is 28.8 Å². The average molecular weight is 652 g/mol. The van der Waals surface area contributed by atoms with Crippen molar-refractivity contribution >= 4 is 27.5 Å². The molecule has 46 heavy (non-hydrogen) atoms. The van der Waals surface area contributed by atoms with Crippen molar-refractivity contribution in [2.75, 3.05) is 17.4 Å². The van der Waals surface area contributed by atoms with Crippen molar-refractivity contribution in [1.29, 1.82) is 0 Å². The minimum absolute atomic E-state index is 0.0469. The van der Waals surface area contributed by atoms with E-state index in [2.05, 4.69) is 5.32 Å².